The van der Waals surface area contributed by atoms with Crippen molar-refractivity contribution in [2.45, 2.75) is 30.0 Å². The van der Waals surface area contributed by atoms with Crippen molar-refractivity contribution in [1.29, 1.82) is 0 Å². The topological polar surface area (TPSA) is 98.7 Å². The van der Waals surface area contributed by atoms with Crippen LogP contribution in [0.1, 0.15) is 24.7 Å². The van der Waals surface area contributed by atoms with Gasteiger partial charge in [-0.2, -0.15) is 4.31 Å². The van der Waals surface area contributed by atoms with E-state index in [1.54, 1.807) is 6.07 Å². The minimum Gasteiger partial charge on any atom is -0.472 e. The Kier molecular flexibility index (Phi) is 5.28. The Morgan fingerprint density at radius 3 is 2.37 bits per heavy atom. The van der Waals surface area contributed by atoms with Gasteiger partial charge in [-0.1, -0.05) is 0 Å². The lowest BCUT2D eigenvalue weighted by Crippen LogP contribution is -2.37. The summed E-state index contributed by atoms with van der Waals surface area (Å²) in [7, 11) is -3.84. The first kappa shape index (κ1) is 20.4. The van der Waals surface area contributed by atoms with Crippen LogP contribution in [-0.4, -0.2) is 42.4 Å². The van der Waals surface area contributed by atoms with Gasteiger partial charge in [-0.05, 0) is 43.2 Å². The molecular formula is C18H16F3N3O5S. The minimum atomic E-state index is -4.84. The lowest BCUT2D eigenvalue weighted by atomic mass is 9.98. The van der Waals surface area contributed by atoms with Gasteiger partial charge in [-0.25, -0.2) is 8.42 Å². The summed E-state index contributed by atoms with van der Waals surface area (Å²) in [6.45, 7) is 0.439. The average Bonchev–Trinajstić information content (AvgIpc) is 3.39. The fourth-order valence-corrected chi connectivity index (χ4v) is 4.68. The number of aromatic nitrogens is 2. The highest BCUT2D eigenvalue weighted by Crippen LogP contribution is 2.32. The number of benzene rings is 1. The third-order valence-corrected chi connectivity index (χ3v) is 6.62. The smallest absolute Gasteiger partial charge is 0.472 e. The van der Waals surface area contributed by atoms with Crippen LogP contribution in [0.5, 0.6) is 5.75 Å². The molecule has 0 atom stereocenters. The van der Waals surface area contributed by atoms with Crippen molar-refractivity contribution < 1.29 is 35.2 Å². The molecule has 2 aromatic heterocycles. The number of piperidine rings is 1. The highest BCUT2D eigenvalue weighted by atomic mass is 32.2. The Labute approximate surface area is 169 Å². The van der Waals surface area contributed by atoms with Crippen LogP contribution in [0, 0.1) is 0 Å². The monoisotopic (exact) mass is 443 g/mol. The molecule has 1 aliphatic heterocycles. The van der Waals surface area contributed by atoms with Crippen molar-refractivity contribution in [3.8, 4) is 17.2 Å². The molecule has 160 valence electrons. The number of hydrogen-bond donors (Lipinski definition) is 0. The Morgan fingerprint density at radius 1 is 1.07 bits per heavy atom. The first-order chi connectivity index (χ1) is 14.2. The summed E-state index contributed by atoms with van der Waals surface area (Å²) < 4.78 is 78.0. The molecule has 4 rings (SSSR count). The summed E-state index contributed by atoms with van der Waals surface area (Å²) >= 11 is 0. The second-order valence-corrected chi connectivity index (χ2v) is 8.59. The van der Waals surface area contributed by atoms with Crippen LogP contribution < -0.4 is 4.74 Å². The van der Waals surface area contributed by atoms with E-state index in [0.29, 0.717) is 30.2 Å². The second-order valence-electron chi connectivity index (χ2n) is 6.66. The Morgan fingerprint density at radius 2 is 1.77 bits per heavy atom. The number of hydrogen-bond acceptors (Lipinski definition) is 7. The number of ether oxygens (including phenoxy) is 1. The summed E-state index contributed by atoms with van der Waals surface area (Å²) in [6, 6.07) is 5.83. The average molecular weight is 443 g/mol. The molecule has 0 saturated carbocycles. The first-order valence-electron chi connectivity index (χ1n) is 8.94. The number of sulfonamides is 1. The Hall–Kier alpha value is -2.86. The second kappa shape index (κ2) is 7.76. The van der Waals surface area contributed by atoms with Crippen molar-refractivity contribution in [1.82, 2.24) is 14.5 Å². The van der Waals surface area contributed by atoms with E-state index < -0.39 is 22.1 Å². The molecule has 0 radical (unpaired) electrons. The number of furan rings is 1. The molecule has 3 heterocycles. The quantitative estimate of drug-likeness (QED) is 0.592. The molecule has 0 N–H and O–H groups in total. The van der Waals surface area contributed by atoms with Crippen LogP contribution >= 0.6 is 0 Å². The van der Waals surface area contributed by atoms with E-state index in [1.165, 1.54) is 16.8 Å². The molecule has 8 nitrogen and oxygen atoms in total. The number of nitrogens with zero attached hydrogens (tertiary/aromatic N) is 3. The van der Waals surface area contributed by atoms with Gasteiger partial charge in [-0.3, -0.25) is 0 Å². The zero-order valence-electron chi connectivity index (χ0n) is 15.4. The van der Waals surface area contributed by atoms with E-state index in [2.05, 4.69) is 14.9 Å². The van der Waals surface area contributed by atoms with Crippen LogP contribution in [0.2, 0.25) is 0 Å². The van der Waals surface area contributed by atoms with Gasteiger partial charge in [0.25, 0.3) is 5.89 Å². The van der Waals surface area contributed by atoms with Crippen LogP contribution in [0.3, 0.4) is 0 Å². The number of rotatable bonds is 5. The molecule has 30 heavy (non-hydrogen) atoms. The fourth-order valence-electron chi connectivity index (χ4n) is 3.21. The number of alkyl halides is 3. The van der Waals surface area contributed by atoms with Gasteiger partial charge in [0.2, 0.25) is 15.9 Å². The van der Waals surface area contributed by atoms with Gasteiger partial charge in [-0.15, -0.1) is 23.4 Å². The van der Waals surface area contributed by atoms with Crippen LogP contribution in [0.25, 0.3) is 11.5 Å². The summed E-state index contributed by atoms with van der Waals surface area (Å²) in [6.07, 6.45) is -0.917. The largest absolute Gasteiger partial charge is 0.573 e. The molecule has 1 aromatic carbocycles. The maximum Gasteiger partial charge on any atom is 0.573 e. The summed E-state index contributed by atoms with van der Waals surface area (Å²) in [5.41, 5.74) is 0.659. The summed E-state index contributed by atoms with van der Waals surface area (Å²) in [5, 5.41) is 8.03. The molecule has 0 amide bonds. The van der Waals surface area contributed by atoms with Crippen molar-refractivity contribution >= 4 is 10.0 Å². The zero-order valence-corrected chi connectivity index (χ0v) is 16.2. The van der Waals surface area contributed by atoms with Crippen LogP contribution in [-0.2, 0) is 10.0 Å². The lowest BCUT2D eigenvalue weighted by molar-refractivity contribution is -0.274. The third kappa shape index (κ3) is 4.33. The van der Waals surface area contributed by atoms with E-state index in [-0.39, 0.29) is 23.9 Å². The molecule has 12 heteroatoms. The van der Waals surface area contributed by atoms with E-state index in [1.807, 2.05) is 0 Å². The molecule has 1 saturated heterocycles. The molecule has 0 unspecified atom stereocenters. The lowest BCUT2D eigenvalue weighted by Gasteiger charge is -2.29. The first-order valence-corrected chi connectivity index (χ1v) is 10.4. The summed E-state index contributed by atoms with van der Waals surface area (Å²) in [5.74, 6) is 0.184. The van der Waals surface area contributed by atoms with E-state index in [0.717, 1.165) is 24.3 Å². The highest BCUT2D eigenvalue weighted by molar-refractivity contribution is 7.89. The van der Waals surface area contributed by atoms with Gasteiger partial charge in [0.15, 0.2) is 0 Å². The summed E-state index contributed by atoms with van der Waals surface area (Å²) in [4.78, 5) is -0.101. The van der Waals surface area contributed by atoms with Crippen LogP contribution in [0.4, 0.5) is 13.2 Å². The molecular weight excluding hydrogens is 427 g/mol. The van der Waals surface area contributed by atoms with Gasteiger partial charge < -0.3 is 13.6 Å². The SMILES string of the molecule is O=S(=O)(c1ccc(OC(F)(F)F)cc1)N1CCC(c2nnc(-c3ccoc3)o2)CC1. The maximum absolute atomic E-state index is 12.8. The van der Waals surface area contributed by atoms with Crippen molar-refractivity contribution in [2.75, 3.05) is 13.1 Å². The maximum atomic E-state index is 12.8. The van der Waals surface area contributed by atoms with Crippen molar-refractivity contribution in [3.63, 3.8) is 0 Å². The van der Waals surface area contributed by atoms with Crippen molar-refractivity contribution in [2.24, 2.45) is 0 Å². The Bertz CT molecular complexity index is 1090. The van der Waals surface area contributed by atoms with Gasteiger partial charge in [0, 0.05) is 19.0 Å². The predicted molar refractivity (Wildman–Crippen MR) is 95.9 cm³/mol. The molecule has 1 fully saturated rings. The van der Waals surface area contributed by atoms with E-state index in [4.69, 9.17) is 8.83 Å². The standard InChI is InChI=1S/C18H16F3N3O5S/c19-18(20,21)29-14-1-3-15(4-2-14)30(25,26)24-8-5-12(6-9-24)16-22-23-17(28-16)13-7-10-27-11-13/h1-4,7,10-12H,5-6,8-9H2. The minimum absolute atomic E-state index is 0.0906. The zero-order chi connectivity index (χ0) is 21.4. The normalized spacial score (nSPS) is 16.6. The fraction of sp³-hybridized carbons (Fsp3) is 0.333. The molecule has 0 bridgehead atoms. The van der Waals surface area contributed by atoms with E-state index >= 15 is 0 Å². The van der Waals surface area contributed by atoms with Gasteiger partial charge >= 0.3 is 6.36 Å². The van der Waals surface area contributed by atoms with Crippen LogP contribution in [0.15, 0.2) is 56.6 Å². The molecule has 1 aliphatic rings. The highest BCUT2D eigenvalue weighted by Gasteiger charge is 2.33. The van der Waals surface area contributed by atoms with E-state index in [9.17, 15) is 21.6 Å². The Balaban J connectivity index is 1.40. The predicted octanol–water partition coefficient (Wildman–Crippen LogP) is 3.80. The molecule has 0 spiro atoms. The van der Waals surface area contributed by atoms with Gasteiger partial charge in [0.05, 0.1) is 16.7 Å². The molecule has 3 aromatic rings. The van der Waals surface area contributed by atoms with Crippen molar-refractivity contribution in [3.05, 3.63) is 48.7 Å². The molecule has 0 aliphatic carbocycles. The van der Waals surface area contributed by atoms with Gasteiger partial charge in [0.1, 0.15) is 12.0 Å². The third-order valence-electron chi connectivity index (χ3n) is 4.71. The number of halogens is 3.